The van der Waals surface area contributed by atoms with Gasteiger partial charge in [0.15, 0.2) is 0 Å². The number of amides is 1. The third-order valence-electron chi connectivity index (χ3n) is 1.05. The lowest BCUT2D eigenvalue weighted by Crippen LogP contribution is -2.37. The van der Waals surface area contributed by atoms with Gasteiger partial charge in [0.2, 0.25) is 5.91 Å². The van der Waals surface area contributed by atoms with Crippen LogP contribution in [0.4, 0.5) is 0 Å². The molecule has 0 aliphatic carbocycles. The van der Waals surface area contributed by atoms with E-state index in [0.717, 1.165) is 0 Å². The number of nitrogens with one attached hydrogen (secondary N) is 2. The van der Waals surface area contributed by atoms with E-state index in [9.17, 15) is 9.36 Å². The van der Waals surface area contributed by atoms with Crippen molar-refractivity contribution in [3.63, 3.8) is 0 Å². The number of hydrogen-bond acceptors (Lipinski definition) is 3. The average Bonchev–Trinajstić information content (AvgIpc) is 1.81. The van der Waals surface area contributed by atoms with E-state index < -0.39 is 13.9 Å². The van der Waals surface area contributed by atoms with Crippen LogP contribution in [0.2, 0.25) is 0 Å². The fraction of sp³-hybridized carbons (Fsp3) is 0.833. The van der Waals surface area contributed by atoms with E-state index in [2.05, 4.69) is 10.6 Å². The van der Waals surface area contributed by atoms with Gasteiger partial charge in [0, 0.05) is 6.04 Å². The molecule has 0 spiro atoms. The van der Waals surface area contributed by atoms with Gasteiger partial charge in [-0.15, -0.1) is 0 Å². The zero-order valence-corrected chi connectivity index (χ0v) is 8.54. The first kappa shape index (κ1) is 12.6. The first-order valence-electron chi connectivity index (χ1n) is 3.86. The molecule has 0 heterocycles. The third kappa shape index (κ3) is 9.49. The molecular weight excluding hydrogens is 195 g/mol. The summed E-state index contributed by atoms with van der Waals surface area (Å²) in [4.78, 5) is 27.8. The Kier molecular flexibility index (Phi) is 5.17. The van der Waals surface area contributed by atoms with E-state index in [1.165, 1.54) is 0 Å². The number of carbonyl (C=O) groups is 1. The summed E-state index contributed by atoms with van der Waals surface area (Å²) < 4.78 is 10.3. The first-order valence-corrected chi connectivity index (χ1v) is 5.65. The van der Waals surface area contributed by atoms with Crippen LogP contribution in [0, 0.1) is 0 Å². The maximum atomic E-state index is 10.9. The lowest BCUT2D eigenvalue weighted by molar-refractivity contribution is -0.120. The largest absolute Gasteiger partial charge is 0.353 e. The molecule has 0 aromatic carbocycles. The lowest BCUT2D eigenvalue weighted by Gasteiger charge is -2.09. The van der Waals surface area contributed by atoms with Crippen molar-refractivity contribution in [3.05, 3.63) is 0 Å². The SMILES string of the molecule is CC(C)NC(=O)CNCP(=O)(O)O. The zero-order valence-electron chi connectivity index (χ0n) is 7.65. The van der Waals surface area contributed by atoms with Crippen LogP contribution in [0.3, 0.4) is 0 Å². The molecule has 0 atom stereocenters. The first-order chi connectivity index (χ1) is 5.81. The molecule has 78 valence electrons. The van der Waals surface area contributed by atoms with Gasteiger partial charge in [0.25, 0.3) is 0 Å². The summed E-state index contributed by atoms with van der Waals surface area (Å²) >= 11 is 0. The molecule has 0 aromatic heterocycles. The van der Waals surface area contributed by atoms with Crippen LogP contribution in [0.5, 0.6) is 0 Å². The minimum Gasteiger partial charge on any atom is -0.353 e. The number of carbonyl (C=O) groups excluding carboxylic acids is 1. The number of hydrogen-bond donors (Lipinski definition) is 4. The van der Waals surface area contributed by atoms with Gasteiger partial charge in [0.05, 0.1) is 12.8 Å². The van der Waals surface area contributed by atoms with Crippen molar-refractivity contribution in [1.29, 1.82) is 0 Å². The molecule has 0 bridgehead atoms. The van der Waals surface area contributed by atoms with E-state index >= 15 is 0 Å². The maximum absolute atomic E-state index is 10.9. The molecule has 0 fully saturated rings. The molecule has 0 saturated heterocycles. The second kappa shape index (κ2) is 5.34. The van der Waals surface area contributed by atoms with Crippen LogP contribution < -0.4 is 10.6 Å². The van der Waals surface area contributed by atoms with Gasteiger partial charge in [-0.2, -0.15) is 0 Å². The van der Waals surface area contributed by atoms with Gasteiger partial charge in [-0.05, 0) is 13.8 Å². The highest BCUT2D eigenvalue weighted by atomic mass is 31.2. The second-order valence-corrected chi connectivity index (χ2v) is 4.62. The van der Waals surface area contributed by atoms with Crippen molar-refractivity contribution in [2.45, 2.75) is 19.9 Å². The Bertz CT molecular complexity index is 213. The van der Waals surface area contributed by atoms with Crippen molar-refractivity contribution in [1.82, 2.24) is 10.6 Å². The fourth-order valence-corrected chi connectivity index (χ4v) is 1.09. The zero-order chi connectivity index (χ0) is 10.5. The highest BCUT2D eigenvalue weighted by molar-refractivity contribution is 7.51. The second-order valence-electron chi connectivity index (χ2n) is 2.97. The quantitative estimate of drug-likeness (QED) is 0.447. The summed E-state index contributed by atoms with van der Waals surface area (Å²) in [5.74, 6) is -0.275. The molecule has 0 aliphatic heterocycles. The van der Waals surface area contributed by atoms with Crippen molar-refractivity contribution in [3.8, 4) is 0 Å². The van der Waals surface area contributed by atoms with Crippen LogP contribution >= 0.6 is 7.60 Å². The van der Waals surface area contributed by atoms with E-state index in [1.807, 2.05) is 0 Å². The number of rotatable bonds is 5. The lowest BCUT2D eigenvalue weighted by atomic mass is 10.4. The van der Waals surface area contributed by atoms with Crippen LogP contribution in [-0.4, -0.2) is 34.6 Å². The molecule has 13 heavy (non-hydrogen) atoms. The van der Waals surface area contributed by atoms with Crippen molar-refractivity contribution in [2.75, 3.05) is 12.8 Å². The van der Waals surface area contributed by atoms with Crippen LogP contribution in [-0.2, 0) is 9.36 Å². The standard InChI is InChI=1S/C6H15N2O4P/c1-5(2)8-6(9)3-7-4-13(10,11)12/h5,7H,3-4H2,1-2H3,(H,8,9)(H2,10,11,12). The molecule has 7 heteroatoms. The maximum Gasteiger partial charge on any atom is 0.339 e. The monoisotopic (exact) mass is 210 g/mol. The molecule has 1 amide bonds. The normalized spacial score (nSPS) is 11.8. The van der Waals surface area contributed by atoms with E-state index in [1.54, 1.807) is 13.8 Å². The predicted octanol–water partition coefficient (Wildman–Crippen LogP) is -0.764. The molecule has 0 aliphatic rings. The fourth-order valence-electron chi connectivity index (χ4n) is 0.688. The van der Waals surface area contributed by atoms with E-state index in [0.29, 0.717) is 0 Å². The van der Waals surface area contributed by atoms with Crippen LogP contribution in [0.1, 0.15) is 13.8 Å². The van der Waals surface area contributed by atoms with Gasteiger partial charge >= 0.3 is 7.60 Å². The predicted molar refractivity (Wildman–Crippen MR) is 48.2 cm³/mol. The van der Waals surface area contributed by atoms with Gasteiger partial charge < -0.3 is 15.1 Å². The average molecular weight is 210 g/mol. The van der Waals surface area contributed by atoms with E-state index in [-0.39, 0.29) is 18.5 Å². The Morgan fingerprint density at radius 2 is 2.00 bits per heavy atom. The summed E-state index contributed by atoms with van der Waals surface area (Å²) in [6.07, 6.45) is -0.474. The molecule has 4 N–H and O–H groups in total. The summed E-state index contributed by atoms with van der Waals surface area (Å²) in [6, 6.07) is 0.0318. The van der Waals surface area contributed by atoms with Gasteiger partial charge in [-0.1, -0.05) is 0 Å². The molecule has 0 radical (unpaired) electrons. The van der Waals surface area contributed by atoms with E-state index in [4.69, 9.17) is 9.79 Å². The van der Waals surface area contributed by atoms with Crippen molar-refractivity contribution in [2.24, 2.45) is 0 Å². The minimum absolute atomic E-state index is 0.0318. The summed E-state index contributed by atoms with van der Waals surface area (Å²) in [5, 5.41) is 4.93. The minimum atomic E-state index is -4.05. The highest BCUT2D eigenvalue weighted by Gasteiger charge is 2.12. The summed E-state index contributed by atoms with van der Waals surface area (Å²) in [5.41, 5.74) is 0. The topological polar surface area (TPSA) is 98.7 Å². The van der Waals surface area contributed by atoms with Gasteiger partial charge in [0.1, 0.15) is 0 Å². The molecule has 0 rings (SSSR count). The Morgan fingerprint density at radius 3 is 2.38 bits per heavy atom. The molecule has 0 unspecified atom stereocenters. The molecular formula is C6H15N2O4P. The molecule has 0 aromatic rings. The van der Waals surface area contributed by atoms with Crippen LogP contribution in [0.15, 0.2) is 0 Å². The Morgan fingerprint density at radius 1 is 1.46 bits per heavy atom. The van der Waals surface area contributed by atoms with Crippen molar-refractivity contribution >= 4 is 13.5 Å². The van der Waals surface area contributed by atoms with Gasteiger partial charge in [-0.3, -0.25) is 14.7 Å². The molecule has 6 nitrogen and oxygen atoms in total. The smallest absolute Gasteiger partial charge is 0.339 e. The Labute approximate surface area is 76.9 Å². The Balaban J connectivity index is 3.55. The molecule has 0 saturated carbocycles. The summed E-state index contributed by atoms with van der Waals surface area (Å²) in [6.45, 7) is 3.53. The van der Waals surface area contributed by atoms with Gasteiger partial charge in [-0.25, -0.2) is 0 Å². The summed E-state index contributed by atoms with van der Waals surface area (Å²) in [7, 11) is -4.05. The van der Waals surface area contributed by atoms with Crippen LogP contribution in [0.25, 0.3) is 0 Å². The van der Waals surface area contributed by atoms with Crippen molar-refractivity contribution < 1.29 is 19.1 Å². The highest BCUT2D eigenvalue weighted by Crippen LogP contribution is 2.31. The Hall–Kier alpha value is -0.420. The third-order valence-corrected chi connectivity index (χ3v) is 1.69.